The van der Waals surface area contributed by atoms with Crippen molar-refractivity contribution in [2.45, 2.75) is 53.5 Å². The lowest BCUT2D eigenvalue weighted by molar-refractivity contribution is 0.0722. The molecule has 9 heteroatoms. The Labute approximate surface area is 243 Å². The lowest BCUT2D eigenvalue weighted by Gasteiger charge is -2.32. The van der Waals surface area contributed by atoms with Crippen LogP contribution in [-0.2, 0) is 20.0 Å². The highest BCUT2D eigenvalue weighted by atomic mass is 19.1. The highest BCUT2D eigenvalue weighted by molar-refractivity contribution is 6.06. The van der Waals surface area contributed by atoms with Gasteiger partial charge in [-0.2, -0.15) is 5.10 Å². The van der Waals surface area contributed by atoms with Crippen molar-refractivity contribution < 1.29 is 14.0 Å². The molecule has 3 heterocycles. The highest BCUT2D eigenvalue weighted by Gasteiger charge is 2.26. The Morgan fingerprint density at radius 1 is 0.951 bits per heavy atom. The molecule has 1 aliphatic heterocycles. The summed E-state index contributed by atoms with van der Waals surface area (Å²) in [5.74, 6) is 0.162. The molecule has 1 aromatic carbocycles. The molecule has 0 saturated carbocycles. The Morgan fingerprint density at radius 3 is 2.39 bits per heavy atom. The van der Waals surface area contributed by atoms with Crippen molar-refractivity contribution in [3.05, 3.63) is 77.1 Å². The number of halogens is 1. The van der Waals surface area contributed by atoms with Gasteiger partial charge in [-0.25, -0.2) is 4.39 Å². The lowest BCUT2D eigenvalue weighted by Crippen LogP contribution is -2.40. The summed E-state index contributed by atoms with van der Waals surface area (Å²) in [6.07, 6.45) is 5.53. The highest BCUT2D eigenvalue weighted by Crippen LogP contribution is 2.27. The second kappa shape index (κ2) is 13.9. The van der Waals surface area contributed by atoms with Crippen LogP contribution < -0.4 is 4.90 Å². The summed E-state index contributed by atoms with van der Waals surface area (Å²) in [6, 6.07) is 9.83. The number of hydrogen-bond donors (Lipinski definition) is 0. The van der Waals surface area contributed by atoms with Crippen molar-refractivity contribution >= 4 is 17.5 Å². The minimum absolute atomic E-state index is 0.150. The largest absolute Gasteiger partial charge is 0.333 e. The number of nitrogens with zero attached hydrogens (tertiary/aromatic N) is 6. The minimum Gasteiger partial charge on any atom is -0.333 e. The van der Waals surface area contributed by atoms with Gasteiger partial charge in [0.25, 0.3) is 11.8 Å². The third-order valence-electron chi connectivity index (χ3n) is 7.28. The fourth-order valence-corrected chi connectivity index (χ4v) is 5.53. The molecular formula is C32H43FN6O2. The number of benzene rings is 1. The molecule has 2 aromatic heterocycles. The monoisotopic (exact) mass is 562 g/mol. The number of hydrogen-bond acceptors (Lipinski definition) is 5. The molecule has 8 nitrogen and oxygen atoms in total. The first kappa shape index (κ1) is 30.4. The van der Waals surface area contributed by atoms with E-state index in [1.165, 1.54) is 12.1 Å². The summed E-state index contributed by atoms with van der Waals surface area (Å²) in [4.78, 5) is 37.8. The molecule has 0 atom stereocenters. The molecule has 220 valence electrons. The minimum atomic E-state index is -0.403. The summed E-state index contributed by atoms with van der Waals surface area (Å²) in [5.41, 5.74) is 3.06. The predicted molar refractivity (Wildman–Crippen MR) is 159 cm³/mol. The Morgan fingerprint density at radius 2 is 1.71 bits per heavy atom. The molecule has 0 aliphatic carbocycles. The van der Waals surface area contributed by atoms with Crippen molar-refractivity contribution in [1.29, 1.82) is 0 Å². The third kappa shape index (κ3) is 8.00. The molecule has 2 amide bonds. The van der Waals surface area contributed by atoms with Crippen LogP contribution in [0.5, 0.6) is 0 Å². The van der Waals surface area contributed by atoms with Crippen LogP contribution in [0.3, 0.4) is 0 Å². The fourth-order valence-electron chi connectivity index (χ4n) is 5.53. The number of carbonyl (C=O) groups is 2. The first-order valence-corrected chi connectivity index (χ1v) is 14.7. The number of rotatable bonds is 6. The number of fused-ring (bicyclic) bond motifs is 1. The van der Waals surface area contributed by atoms with Gasteiger partial charge in [-0.3, -0.25) is 19.3 Å². The molecule has 0 radical (unpaired) electrons. The van der Waals surface area contributed by atoms with Crippen LogP contribution in [0.15, 0.2) is 48.8 Å². The van der Waals surface area contributed by atoms with E-state index < -0.39 is 5.82 Å². The molecule has 0 fully saturated rings. The smallest absolute Gasteiger partial charge is 0.272 e. The van der Waals surface area contributed by atoms with Crippen molar-refractivity contribution in [3.63, 3.8) is 0 Å². The second-order valence-corrected chi connectivity index (χ2v) is 11.8. The molecule has 0 N–H and O–H groups in total. The average molecular weight is 563 g/mol. The summed E-state index contributed by atoms with van der Waals surface area (Å²) < 4.78 is 16.3. The van der Waals surface area contributed by atoms with Crippen LogP contribution in [0.1, 0.15) is 72.6 Å². The van der Waals surface area contributed by atoms with Crippen LogP contribution >= 0.6 is 0 Å². The first-order chi connectivity index (χ1) is 19.6. The molecular weight excluding hydrogens is 519 g/mol. The van der Waals surface area contributed by atoms with Crippen molar-refractivity contribution in [2.75, 3.05) is 37.6 Å². The Balaban J connectivity index is 1.74. The van der Waals surface area contributed by atoms with Crippen molar-refractivity contribution in [1.82, 2.24) is 24.6 Å². The normalized spacial score (nSPS) is 15.5. The van der Waals surface area contributed by atoms with E-state index in [4.69, 9.17) is 0 Å². The van der Waals surface area contributed by atoms with Gasteiger partial charge in [0.1, 0.15) is 11.5 Å². The van der Waals surface area contributed by atoms with Gasteiger partial charge in [-0.05, 0) is 86.1 Å². The molecule has 3 aromatic rings. The number of amides is 2. The van der Waals surface area contributed by atoms with E-state index in [-0.39, 0.29) is 18.4 Å². The summed E-state index contributed by atoms with van der Waals surface area (Å²) >= 11 is 0. The maximum absolute atomic E-state index is 14.7. The Bertz CT molecular complexity index is 1320. The SMILES string of the molecule is CC(C)Cc1cc(C(=O)N2CCCN(CC(C)C)CCCN(C(=O)c3cccnc3)c3ccc(F)cc3C2)n(C)n1. The molecule has 0 spiro atoms. The topological polar surface area (TPSA) is 74.6 Å². The standard InChI is InChI=1S/C32H43FN6O2/c1-23(2)17-28-19-30(36(5)35-28)32(41)38-15-7-13-37(21-24(3)4)14-8-16-39(31(40)25-9-6-12-34-20-25)29-11-10-27(33)18-26(29)22-38/h6,9-12,18-20,23-24H,7-8,13-17,21-22H2,1-5H3. The van der Waals surface area contributed by atoms with Crippen molar-refractivity contribution in [2.24, 2.45) is 18.9 Å². The quantitative estimate of drug-likeness (QED) is 0.413. The van der Waals surface area contributed by atoms with Crippen LogP contribution in [0.25, 0.3) is 0 Å². The van der Waals surface area contributed by atoms with E-state index in [1.54, 1.807) is 52.1 Å². The number of carbonyl (C=O) groups excluding carboxylic acids is 2. The van der Waals surface area contributed by atoms with E-state index in [1.807, 2.05) is 6.07 Å². The van der Waals surface area contributed by atoms with Crippen LogP contribution in [0.2, 0.25) is 0 Å². The van der Waals surface area contributed by atoms with Gasteiger partial charge in [-0.1, -0.05) is 27.7 Å². The predicted octanol–water partition coefficient (Wildman–Crippen LogP) is 5.19. The van der Waals surface area contributed by atoms with Gasteiger partial charge in [0, 0.05) is 51.3 Å². The van der Waals surface area contributed by atoms with Crippen LogP contribution in [0, 0.1) is 17.7 Å². The second-order valence-electron chi connectivity index (χ2n) is 11.8. The third-order valence-corrected chi connectivity index (χ3v) is 7.28. The lowest BCUT2D eigenvalue weighted by atomic mass is 10.1. The average Bonchev–Trinajstić information content (AvgIpc) is 3.28. The fraction of sp³-hybridized carbons (Fsp3) is 0.500. The molecule has 41 heavy (non-hydrogen) atoms. The van der Waals surface area contributed by atoms with E-state index in [9.17, 15) is 14.0 Å². The van der Waals surface area contributed by atoms with Gasteiger partial charge in [0.15, 0.2) is 0 Å². The first-order valence-electron chi connectivity index (χ1n) is 14.7. The van der Waals surface area contributed by atoms with E-state index in [2.05, 4.69) is 42.7 Å². The summed E-state index contributed by atoms with van der Waals surface area (Å²) in [6.45, 7) is 12.4. The van der Waals surface area contributed by atoms with Crippen molar-refractivity contribution in [3.8, 4) is 0 Å². The number of pyridine rings is 1. The zero-order valence-electron chi connectivity index (χ0n) is 25.0. The maximum Gasteiger partial charge on any atom is 0.272 e. The number of aromatic nitrogens is 3. The van der Waals surface area contributed by atoms with Gasteiger partial charge in [0.2, 0.25) is 0 Å². The van der Waals surface area contributed by atoms with Gasteiger partial charge >= 0.3 is 0 Å². The van der Waals surface area contributed by atoms with E-state index >= 15 is 0 Å². The Kier molecular flexibility index (Phi) is 10.3. The summed E-state index contributed by atoms with van der Waals surface area (Å²) in [7, 11) is 1.79. The van der Waals surface area contributed by atoms with E-state index in [0.29, 0.717) is 47.4 Å². The zero-order valence-corrected chi connectivity index (χ0v) is 25.0. The van der Waals surface area contributed by atoms with Gasteiger partial charge < -0.3 is 14.7 Å². The summed E-state index contributed by atoms with van der Waals surface area (Å²) in [5, 5.41) is 4.58. The Hall–Kier alpha value is -3.59. The molecule has 0 unspecified atom stereocenters. The van der Waals surface area contributed by atoms with E-state index in [0.717, 1.165) is 44.6 Å². The molecule has 0 bridgehead atoms. The van der Waals surface area contributed by atoms with Gasteiger partial charge in [-0.15, -0.1) is 0 Å². The molecule has 1 aliphatic rings. The molecule has 0 saturated heterocycles. The van der Waals surface area contributed by atoms with Crippen LogP contribution in [-0.4, -0.2) is 69.1 Å². The van der Waals surface area contributed by atoms with Crippen LogP contribution in [0.4, 0.5) is 10.1 Å². The number of anilines is 1. The maximum atomic E-state index is 14.7. The zero-order chi connectivity index (χ0) is 29.5. The molecule has 4 rings (SSSR count). The van der Waals surface area contributed by atoms with Gasteiger partial charge in [0.05, 0.1) is 11.3 Å². The number of aryl methyl sites for hydroxylation is 1.